The Bertz CT molecular complexity index is 609. The summed E-state index contributed by atoms with van der Waals surface area (Å²) in [6.45, 7) is 1.87. The minimum absolute atomic E-state index is 0.196. The molecule has 1 heterocycles. The third kappa shape index (κ3) is 4.03. The molecule has 1 amide bonds. The zero-order chi connectivity index (χ0) is 13.7. The molecule has 1 aromatic carbocycles. The van der Waals surface area contributed by atoms with Crippen LogP contribution in [-0.4, -0.2) is 10.9 Å². The van der Waals surface area contributed by atoms with Gasteiger partial charge in [-0.05, 0) is 46.6 Å². The Morgan fingerprint density at radius 1 is 1.21 bits per heavy atom. The minimum Gasteiger partial charge on any atom is -0.307 e. The first-order chi connectivity index (χ1) is 9.15. The van der Waals surface area contributed by atoms with Crippen molar-refractivity contribution in [3.63, 3.8) is 0 Å². The van der Waals surface area contributed by atoms with Gasteiger partial charge in [0.1, 0.15) is 5.82 Å². The van der Waals surface area contributed by atoms with Crippen molar-refractivity contribution in [1.82, 2.24) is 4.98 Å². The van der Waals surface area contributed by atoms with Crippen LogP contribution in [0.1, 0.15) is 11.3 Å². The molecule has 0 spiro atoms. The van der Waals surface area contributed by atoms with Crippen molar-refractivity contribution in [2.75, 3.05) is 5.32 Å². The Labute approximate surface area is 120 Å². The number of hydrogen-bond donors (Lipinski definition) is 1. The molecule has 0 aliphatic carbocycles. The van der Waals surface area contributed by atoms with Crippen LogP contribution in [0.3, 0.4) is 0 Å². The van der Waals surface area contributed by atoms with Crippen molar-refractivity contribution in [2.45, 2.75) is 6.92 Å². The molecule has 3 nitrogen and oxygen atoms in total. The molecule has 96 valence electrons. The molecule has 0 bridgehead atoms. The number of halogens is 1. The second-order valence-electron chi connectivity index (χ2n) is 4.00. The van der Waals surface area contributed by atoms with Crippen LogP contribution in [0.5, 0.6) is 0 Å². The van der Waals surface area contributed by atoms with E-state index in [2.05, 4.69) is 26.2 Å². The molecule has 2 rings (SSSR count). The van der Waals surface area contributed by atoms with E-state index >= 15 is 0 Å². The lowest BCUT2D eigenvalue weighted by molar-refractivity contribution is -0.111. The second kappa shape index (κ2) is 6.29. The summed E-state index contributed by atoms with van der Waals surface area (Å²) in [4.78, 5) is 16.0. The molecule has 1 aromatic heterocycles. The number of carbonyl (C=O) groups is 1. The number of aryl methyl sites for hydroxylation is 1. The highest BCUT2D eigenvalue weighted by atomic mass is 79.9. The highest BCUT2D eigenvalue weighted by Gasteiger charge is 2.01. The van der Waals surface area contributed by atoms with Crippen molar-refractivity contribution in [1.29, 1.82) is 0 Å². The van der Waals surface area contributed by atoms with Crippen molar-refractivity contribution >= 4 is 33.7 Å². The fourth-order valence-electron chi connectivity index (χ4n) is 1.52. The van der Waals surface area contributed by atoms with Gasteiger partial charge in [0.15, 0.2) is 0 Å². The van der Waals surface area contributed by atoms with Gasteiger partial charge in [-0.3, -0.25) is 4.79 Å². The van der Waals surface area contributed by atoms with Crippen LogP contribution in [0.15, 0.2) is 53.0 Å². The highest BCUT2D eigenvalue weighted by molar-refractivity contribution is 9.10. The molecule has 0 saturated carbocycles. The molecule has 0 aliphatic rings. The van der Waals surface area contributed by atoms with E-state index in [1.165, 1.54) is 6.08 Å². The number of benzene rings is 1. The number of rotatable bonds is 3. The van der Waals surface area contributed by atoms with E-state index < -0.39 is 0 Å². The number of anilines is 1. The quantitative estimate of drug-likeness (QED) is 0.875. The lowest BCUT2D eigenvalue weighted by Crippen LogP contribution is -2.09. The van der Waals surface area contributed by atoms with Gasteiger partial charge < -0.3 is 5.32 Å². The number of nitrogens with one attached hydrogen (secondary N) is 1. The topological polar surface area (TPSA) is 42.0 Å². The van der Waals surface area contributed by atoms with Crippen LogP contribution in [-0.2, 0) is 4.79 Å². The fourth-order valence-corrected chi connectivity index (χ4v) is 1.74. The first-order valence-electron chi connectivity index (χ1n) is 5.82. The predicted molar refractivity (Wildman–Crippen MR) is 80.8 cm³/mol. The van der Waals surface area contributed by atoms with Crippen LogP contribution in [0.25, 0.3) is 6.08 Å². The maximum atomic E-state index is 11.7. The van der Waals surface area contributed by atoms with Gasteiger partial charge >= 0.3 is 0 Å². The normalized spacial score (nSPS) is 10.6. The van der Waals surface area contributed by atoms with Crippen molar-refractivity contribution < 1.29 is 4.79 Å². The summed E-state index contributed by atoms with van der Waals surface area (Å²) in [6.07, 6.45) is 3.26. The summed E-state index contributed by atoms with van der Waals surface area (Å²) in [7, 11) is 0. The second-order valence-corrected chi connectivity index (χ2v) is 4.85. The molecule has 19 heavy (non-hydrogen) atoms. The number of nitrogens with zero attached hydrogens (tertiary/aromatic N) is 1. The van der Waals surface area contributed by atoms with Gasteiger partial charge in [-0.2, -0.15) is 0 Å². The summed E-state index contributed by atoms with van der Waals surface area (Å²) in [5, 5.41) is 2.72. The number of amides is 1. The average molecular weight is 317 g/mol. The van der Waals surface area contributed by atoms with Gasteiger partial charge in [-0.1, -0.05) is 30.3 Å². The van der Waals surface area contributed by atoms with E-state index in [9.17, 15) is 4.79 Å². The first-order valence-corrected chi connectivity index (χ1v) is 6.62. The van der Waals surface area contributed by atoms with E-state index in [-0.39, 0.29) is 5.91 Å². The number of carbonyl (C=O) groups excluding carboxylic acids is 1. The molecule has 0 fully saturated rings. The van der Waals surface area contributed by atoms with Crippen molar-refractivity contribution in [3.8, 4) is 0 Å². The lowest BCUT2D eigenvalue weighted by atomic mass is 10.2. The predicted octanol–water partition coefficient (Wildman–Crippen LogP) is 3.80. The van der Waals surface area contributed by atoms with Gasteiger partial charge in [0.25, 0.3) is 0 Å². The Hall–Kier alpha value is -1.94. The molecule has 0 radical (unpaired) electrons. The van der Waals surface area contributed by atoms with Gasteiger partial charge in [0, 0.05) is 10.5 Å². The van der Waals surface area contributed by atoms with E-state index in [1.54, 1.807) is 12.1 Å². The Morgan fingerprint density at radius 3 is 2.63 bits per heavy atom. The molecule has 4 heteroatoms. The summed E-state index contributed by atoms with van der Waals surface area (Å²) in [5.74, 6) is 0.349. The number of pyridine rings is 1. The summed E-state index contributed by atoms with van der Waals surface area (Å²) in [5.41, 5.74) is 1.82. The standard InChI is InChI=1S/C15H13BrN2O/c1-11-13(16)8-9-14(17-11)18-15(19)10-7-12-5-3-2-4-6-12/h2-10H,1H3,(H,17,18,19). The van der Waals surface area contributed by atoms with Gasteiger partial charge in [0.05, 0.1) is 5.69 Å². The van der Waals surface area contributed by atoms with Crippen LogP contribution in [0, 0.1) is 6.92 Å². The Morgan fingerprint density at radius 2 is 1.95 bits per heavy atom. The highest BCUT2D eigenvalue weighted by Crippen LogP contribution is 2.16. The van der Waals surface area contributed by atoms with E-state index in [4.69, 9.17) is 0 Å². The zero-order valence-corrected chi connectivity index (χ0v) is 12.0. The smallest absolute Gasteiger partial charge is 0.249 e. The largest absolute Gasteiger partial charge is 0.307 e. The van der Waals surface area contributed by atoms with E-state index in [0.717, 1.165) is 15.7 Å². The molecule has 0 saturated heterocycles. The zero-order valence-electron chi connectivity index (χ0n) is 10.4. The molecule has 0 atom stereocenters. The molecular formula is C15H13BrN2O. The summed E-state index contributed by atoms with van der Waals surface area (Å²) in [6, 6.07) is 13.3. The summed E-state index contributed by atoms with van der Waals surface area (Å²) >= 11 is 3.37. The lowest BCUT2D eigenvalue weighted by Gasteiger charge is -2.03. The van der Waals surface area contributed by atoms with Gasteiger partial charge in [-0.15, -0.1) is 0 Å². The monoisotopic (exact) mass is 316 g/mol. The first kappa shape index (κ1) is 13.5. The third-order valence-electron chi connectivity index (χ3n) is 2.50. The van der Waals surface area contributed by atoms with Crippen molar-refractivity contribution in [2.24, 2.45) is 0 Å². The molecule has 0 unspecified atom stereocenters. The van der Waals surface area contributed by atoms with E-state index in [1.807, 2.05) is 43.3 Å². The maximum Gasteiger partial charge on any atom is 0.249 e. The molecule has 0 aliphatic heterocycles. The fraction of sp³-hybridized carbons (Fsp3) is 0.0667. The van der Waals surface area contributed by atoms with Crippen LogP contribution in [0.4, 0.5) is 5.82 Å². The molecule has 2 aromatic rings. The van der Waals surface area contributed by atoms with Gasteiger partial charge in [0.2, 0.25) is 5.91 Å². The van der Waals surface area contributed by atoms with Crippen molar-refractivity contribution in [3.05, 3.63) is 64.3 Å². The third-order valence-corrected chi connectivity index (χ3v) is 3.34. The maximum absolute atomic E-state index is 11.7. The van der Waals surface area contributed by atoms with Gasteiger partial charge in [-0.25, -0.2) is 4.98 Å². The number of hydrogen-bond acceptors (Lipinski definition) is 2. The van der Waals surface area contributed by atoms with Crippen LogP contribution < -0.4 is 5.32 Å². The minimum atomic E-state index is -0.196. The number of aromatic nitrogens is 1. The Kier molecular flexibility index (Phi) is 4.47. The summed E-state index contributed by atoms with van der Waals surface area (Å²) < 4.78 is 0.922. The molecule has 1 N–H and O–H groups in total. The van der Waals surface area contributed by atoms with Crippen LogP contribution >= 0.6 is 15.9 Å². The van der Waals surface area contributed by atoms with E-state index in [0.29, 0.717) is 5.82 Å². The Balaban J connectivity index is 2.01. The van der Waals surface area contributed by atoms with Crippen LogP contribution in [0.2, 0.25) is 0 Å². The molecular weight excluding hydrogens is 304 g/mol. The average Bonchev–Trinajstić information content (AvgIpc) is 2.42. The SMILES string of the molecule is Cc1nc(NC(=O)C=Cc2ccccc2)ccc1Br.